The van der Waals surface area contributed by atoms with Gasteiger partial charge in [-0.1, -0.05) is 0 Å². The second kappa shape index (κ2) is 7.79. The lowest BCUT2D eigenvalue weighted by atomic mass is 10.1. The molecule has 0 atom stereocenters. The molecule has 0 saturated heterocycles. The molecule has 29 heavy (non-hydrogen) atoms. The van der Waals surface area contributed by atoms with E-state index in [2.05, 4.69) is 4.98 Å². The van der Waals surface area contributed by atoms with Crippen molar-refractivity contribution in [1.29, 1.82) is 0 Å². The third-order valence-electron chi connectivity index (χ3n) is 3.54. The van der Waals surface area contributed by atoms with Crippen LogP contribution in [0.2, 0.25) is 0 Å². The van der Waals surface area contributed by atoms with E-state index < -0.39 is 54.4 Å². The van der Waals surface area contributed by atoms with Crippen molar-refractivity contribution in [2.45, 2.75) is 38.5 Å². The van der Waals surface area contributed by atoms with E-state index in [0.29, 0.717) is 12.1 Å². The van der Waals surface area contributed by atoms with Crippen LogP contribution in [0.1, 0.15) is 19.4 Å². The first-order chi connectivity index (χ1) is 13.0. The number of hydrogen-bond acceptors (Lipinski definition) is 3. The Balaban J connectivity index is 2.63. The van der Waals surface area contributed by atoms with Gasteiger partial charge in [-0.25, -0.2) is 4.98 Å². The van der Waals surface area contributed by atoms with Gasteiger partial charge in [-0.15, -0.1) is 0 Å². The Morgan fingerprint density at radius 3 is 1.90 bits per heavy atom. The molecular weight excluding hydrogens is 419 g/mol. The van der Waals surface area contributed by atoms with Crippen molar-refractivity contribution in [3.63, 3.8) is 0 Å². The average Bonchev–Trinajstić information content (AvgIpc) is 2.48. The molecule has 1 heterocycles. The van der Waals surface area contributed by atoms with E-state index in [4.69, 9.17) is 4.74 Å². The van der Waals surface area contributed by atoms with Gasteiger partial charge in [0, 0.05) is 17.1 Å². The molecule has 0 saturated carbocycles. The zero-order valence-corrected chi connectivity index (χ0v) is 15.0. The summed E-state index contributed by atoms with van der Waals surface area (Å²) in [5.41, 5.74) is -2.23. The number of pyridine rings is 1. The molecule has 0 N–H and O–H groups in total. The molecule has 0 bridgehead atoms. The number of hydrogen-bond donors (Lipinski definition) is 0. The molecule has 0 aliphatic rings. The summed E-state index contributed by atoms with van der Waals surface area (Å²) in [6.45, 7) is -0.870. The van der Waals surface area contributed by atoms with E-state index in [1.165, 1.54) is 0 Å². The minimum Gasteiger partial charge on any atom is -0.475 e. The van der Waals surface area contributed by atoms with E-state index in [1.54, 1.807) is 13.8 Å². The Morgan fingerprint density at radius 2 is 1.45 bits per heavy atom. The maximum absolute atomic E-state index is 13.5. The lowest BCUT2D eigenvalue weighted by molar-refractivity contribution is -0.138. The molecule has 0 spiro atoms. The first kappa shape index (κ1) is 22.9. The smallest absolute Gasteiger partial charge is 0.417 e. The second-order valence-corrected chi connectivity index (χ2v) is 6.46. The summed E-state index contributed by atoms with van der Waals surface area (Å²) < 4.78 is 122. The Labute approximate surface area is 159 Å². The molecule has 162 valence electrons. The molecule has 0 amide bonds. The van der Waals surface area contributed by atoms with Gasteiger partial charge < -0.3 is 9.64 Å². The number of rotatable bonds is 5. The van der Waals surface area contributed by atoms with Crippen molar-refractivity contribution in [3.8, 4) is 5.88 Å². The summed E-state index contributed by atoms with van der Waals surface area (Å²) in [5, 5.41) is -0.638. The molecule has 2 rings (SSSR count). The highest BCUT2D eigenvalue weighted by molar-refractivity contribution is 5.87. The fourth-order valence-electron chi connectivity index (χ4n) is 2.59. The number of nitrogens with zero attached hydrogens (tertiary/aromatic N) is 2. The van der Waals surface area contributed by atoms with Gasteiger partial charge in [0.1, 0.15) is 13.1 Å². The third kappa shape index (κ3) is 6.57. The van der Waals surface area contributed by atoms with Crippen molar-refractivity contribution in [3.05, 3.63) is 29.8 Å². The van der Waals surface area contributed by atoms with Crippen LogP contribution in [0, 0.1) is 0 Å². The van der Waals surface area contributed by atoms with Crippen LogP contribution in [-0.2, 0) is 6.18 Å². The van der Waals surface area contributed by atoms with Crippen LogP contribution in [-0.4, -0.2) is 36.5 Å². The van der Waals surface area contributed by atoms with Crippen LogP contribution in [0.5, 0.6) is 5.88 Å². The average molecular weight is 434 g/mol. The van der Waals surface area contributed by atoms with Gasteiger partial charge in [0.25, 0.3) is 0 Å². The fourth-order valence-corrected chi connectivity index (χ4v) is 2.59. The van der Waals surface area contributed by atoms with Crippen molar-refractivity contribution >= 4 is 16.6 Å². The number of fused-ring (bicyclic) bond motifs is 1. The Hall–Kier alpha value is -2.40. The normalized spacial score (nSPS) is 13.2. The van der Waals surface area contributed by atoms with Crippen LogP contribution in [0.3, 0.4) is 0 Å². The zero-order valence-electron chi connectivity index (χ0n) is 15.0. The topological polar surface area (TPSA) is 25.4 Å². The molecule has 2 aromatic rings. The maximum Gasteiger partial charge on any atom is 0.417 e. The van der Waals surface area contributed by atoms with E-state index >= 15 is 0 Å². The molecule has 0 aliphatic heterocycles. The lowest BCUT2D eigenvalue weighted by Crippen LogP contribution is -2.40. The van der Waals surface area contributed by atoms with Gasteiger partial charge in [-0.2, -0.15) is 39.5 Å². The quantitative estimate of drug-likeness (QED) is 0.542. The van der Waals surface area contributed by atoms with Crippen LogP contribution in [0.15, 0.2) is 24.3 Å². The molecule has 1 aromatic heterocycles. The summed E-state index contributed by atoms with van der Waals surface area (Å²) in [7, 11) is 0. The first-order valence-corrected chi connectivity index (χ1v) is 8.12. The van der Waals surface area contributed by atoms with E-state index in [0.717, 1.165) is 12.1 Å². The number of benzene rings is 1. The second-order valence-electron chi connectivity index (χ2n) is 6.46. The standard InChI is InChI=1S/C17H15F9N2O/c1-9(2)29-14-6-12(17(24,25)26)11-5-10(3-4-13(11)27-14)28(7-15(18,19)20)8-16(21,22)23/h3-6,9H,7-8H2,1-2H3. The molecule has 0 aliphatic carbocycles. The molecule has 0 fully saturated rings. The van der Waals surface area contributed by atoms with Crippen LogP contribution in [0.4, 0.5) is 45.2 Å². The Morgan fingerprint density at radius 1 is 0.897 bits per heavy atom. The summed E-state index contributed by atoms with van der Waals surface area (Å²) in [6.07, 6.45) is -15.4. The van der Waals surface area contributed by atoms with E-state index in [1.807, 2.05) is 0 Å². The number of anilines is 1. The number of halogens is 9. The summed E-state index contributed by atoms with van der Waals surface area (Å²) in [6, 6.07) is 2.95. The predicted octanol–water partition coefficient (Wildman–Crippen LogP) is 5.97. The summed E-state index contributed by atoms with van der Waals surface area (Å²) in [4.78, 5) is 3.77. The zero-order chi connectivity index (χ0) is 22.2. The Kier molecular flexibility index (Phi) is 6.15. The highest BCUT2D eigenvalue weighted by Gasteiger charge is 2.38. The minimum absolute atomic E-state index is 0.0852. The number of ether oxygens (including phenoxy) is 1. The van der Waals surface area contributed by atoms with Gasteiger partial charge in [0.15, 0.2) is 0 Å². The minimum atomic E-state index is -5.00. The summed E-state index contributed by atoms with van der Waals surface area (Å²) in [5.74, 6) is -0.366. The van der Waals surface area contributed by atoms with Crippen LogP contribution < -0.4 is 9.64 Å². The third-order valence-corrected chi connectivity index (χ3v) is 3.54. The first-order valence-electron chi connectivity index (χ1n) is 8.12. The van der Waals surface area contributed by atoms with Gasteiger partial charge in [0.2, 0.25) is 5.88 Å². The molecule has 1 aromatic carbocycles. The van der Waals surface area contributed by atoms with Crippen LogP contribution in [0.25, 0.3) is 10.9 Å². The molecule has 0 radical (unpaired) electrons. The Bertz CT molecular complexity index is 841. The monoisotopic (exact) mass is 434 g/mol. The predicted molar refractivity (Wildman–Crippen MR) is 86.8 cm³/mol. The molecule has 12 heteroatoms. The molecule has 3 nitrogen and oxygen atoms in total. The van der Waals surface area contributed by atoms with Gasteiger partial charge in [-0.05, 0) is 32.0 Å². The van der Waals surface area contributed by atoms with E-state index in [-0.39, 0.29) is 16.3 Å². The lowest BCUT2D eigenvalue weighted by Gasteiger charge is -2.27. The highest BCUT2D eigenvalue weighted by atomic mass is 19.4. The van der Waals surface area contributed by atoms with Gasteiger partial charge in [0.05, 0.1) is 17.2 Å². The van der Waals surface area contributed by atoms with Gasteiger partial charge in [-0.3, -0.25) is 0 Å². The van der Waals surface area contributed by atoms with Crippen LogP contribution >= 0.6 is 0 Å². The van der Waals surface area contributed by atoms with Gasteiger partial charge >= 0.3 is 18.5 Å². The highest BCUT2D eigenvalue weighted by Crippen LogP contribution is 2.38. The molecule has 0 unspecified atom stereocenters. The molecular formula is C17H15F9N2O. The largest absolute Gasteiger partial charge is 0.475 e. The maximum atomic E-state index is 13.5. The van der Waals surface area contributed by atoms with E-state index in [9.17, 15) is 39.5 Å². The SMILES string of the molecule is CC(C)Oc1cc(C(F)(F)F)c2cc(N(CC(F)(F)F)CC(F)(F)F)ccc2n1. The number of alkyl halides is 9. The van der Waals surface area contributed by atoms with Crippen molar-refractivity contribution in [2.24, 2.45) is 0 Å². The van der Waals surface area contributed by atoms with Crippen molar-refractivity contribution < 1.29 is 44.3 Å². The van der Waals surface area contributed by atoms with Crippen molar-refractivity contribution in [1.82, 2.24) is 4.98 Å². The summed E-state index contributed by atoms with van der Waals surface area (Å²) >= 11 is 0. The fraction of sp³-hybridized carbons (Fsp3) is 0.471. The van der Waals surface area contributed by atoms with Crippen molar-refractivity contribution in [2.75, 3.05) is 18.0 Å². The number of aromatic nitrogens is 1.